The number of rotatable bonds is 2. The van der Waals surface area contributed by atoms with Gasteiger partial charge in [-0.15, -0.1) is 17.4 Å². The zero-order valence-electron chi connectivity index (χ0n) is 5.57. The van der Waals surface area contributed by atoms with Gasteiger partial charge in [0.1, 0.15) is 0 Å². The van der Waals surface area contributed by atoms with Crippen LogP contribution in [0.1, 0.15) is 5.56 Å². The number of nitro groups is 1. The third-order valence-corrected chi connectivity index (χ3v) is 1.17. The highest BCUT2D eigenvalue weighted by molar-refractivity contribution is 5.32. The van der Waals surface area contributed by atoms with E-state index in [1.165, 1.54) is 6.20 Å². The maximum absolute atomic E-state index is 10.2. The number of hydrogen-bond acceptors (Lipinski definition) is 3. The maximum atomic E-state index is 10.2. The van der Waals surface area contributed by atoms with Gasteiger partial charge in [0.05, 0.1) is 11.8 Å². The first-order chi connectivity index (χ1) is 5.25. The molecule has 0 atom stereocenters. The van der Waals surface area contributed by atoms with Gasteiger partial charge in [0, 0.05) is 6.42 Å². The molecule has 1 N–H and O–H groups in total. The molecule has 0 saturated heterocycles. The van der Waals surface area contributed by atoms with Crippen molar-refractivity contribution in [2.24, 2.45) is 0 Å². The predicted octanol–water partition coefficient (Wildman–Crippen LogP) is 0.494. The molecule has 1 aromatic rings. The van der Waals surface area contributed by atoms with Gasteiger partial charge >= 0.3 is 5.82 Å². The molecular weight excluding hydrogens is 146 g/mol. The van der Waals surface area contributed by atoms with Crippen molar-refractivity contribution in [3.8, 4) is 12.3 Å². The molecule has 0 radical (unpaired) electrons. The lowest BCUT2D eigenvalue weighted by atomic mass is 10.2. The van der Waals surface area contributed by atoms with E-state index in [-0.39, 0.29) is 12.2 Å². The lowest BCUT2D eigenvalue weighted by molar-refractivity contribution is -0.390. The number of terminal acetylenes is 1. The third-order valence-electron chi connectivity index (χ3n) is 1.17. The number of aromatic nitrogens is 2. The number of nitrogens with one attached hydrogen (secondary N) is 1. The Morgan fingerprint density at radius 3 is 3.18 bits per heavy atom. The molecule has 56 valence electrons. The molecule has 0 unspecified atom stereocenters. The van der Waals surface area contributed by atoms with E-state index in [2.05, 4.69) is 16.1 Å². The lowest BCUT2D eigenvalue weighted by Gasteiger charge is -1.90. The summed E-state index contributed by atoms with van der Waals surface area (Å²) < 4.78 is 0. The highest BCUT2D eigenvalue weighted by Gasteiger charge is 2.12. The monoisotopic (exact) mass is 151 g/mol. The summed E-state index contributed by atoms with van der Waals surface area (Å²) in [6, 6.07) is 0. The topological polar surface area (TPSA) is 71.8 Å². The normalized spacial score (nSPS) is 9.00. The summed E-state index contributed by atoms with van der Waals surface area (Å²) in [7, 11) is 0. The van der Waals surface area contributed by atoms with E-state index in [1.54, 1.807) is 0 Å². The minimum Gasteiger partial charge on any atom is -0.358 e. The molecule has 1 heterocycles. The first kappa shape index (κ1) is 7.28. The Bertz CT molecular complexity index is 310. The van der Waals surface area contributed by atoms with Crippen LogP contribution < -0.4 is 0 Å². The van der Waals surface area contributed by atoms with Gasteiger partial charge < -0.3 is 10.1 Å². The van der Waals surface area contributed by atoms with Gasteiger partial charge in [-0.3, -0.25) is 0 Å². The molecule has 0 fully saturated rings. The molecular formula is C6H5N3O2. The van der Waals surface area contributed by atoms with Crippen LogP contribution >= 0.6 is 0 Å². The van der Waals surface area contributed by atoms with Crippen molar-refractivity contribution in [2.75, 3.05) is 0 Å². The summed E-state index contributed by atoms with van der Waals surface area (Å²) in [5.41, 5.74) is 0.442. The summed E-state index contributed by atoms with van der Waals surface area (Å²) in [6.07, 6.45) is 6.56. The van der Waals surface area contributed by atoms with Gasteiger partial charge in [0.25, 0.3) is 0 Å². The molecule has 5 heteroatoms. The van der Waals surface area contributed by atoms with Crippen molar-refractivity contribution in [1.82, 2.24) is 10.2 Å². The van der Waals surface area contributed by atoms with Crippen molar-refractivity contribution < 1.29 is 4.92 Å². The van der Waals surface area contributed by atoms with Crippen molar-refractivity contribution in [3.63, 3.8) is 0 Å². The van der Waals surface area contributed by atoms with E-state index in [9.17, 15) is 10.1 Å². The van der Waals surface area contributed by atoms with E-state index >= 15 is 0 Å². The van der Waals surface area contributed by atoms with E-state index in [1.807, 2.05) is 0 Å². The Kier molecular flexibility index (Phi) is 1.88. The Labute approximate surface area is 62.6 Å². The van der Waals surface area contributed by atoms with E-state index in [0.717, 1.165) is 0 Å². The van der Waals surface area contributed by atoms with Gasteiger partial charge in [0.15, 0.2) is 0 Å². The molecule has 11 heavy (non-hydrogen) atoms. The van der Waals surface area contributed by atoms with Gasteiger partial charge in [0.2, 0.25) is 0 Å². The van der Waals surface area contributed by atoms with Gasteiger partial charge in [-0.1, -0.05) is 5.10 Å². The molecule has 0 aromatic carbocycles. The molecule has 0 aliphatic carbocycles. The van der Waals surface area contributed by atoms with Gasteiger partial charge in [-0.25, -0.2) is 0 Å². The number of hydrogen-bond donors (Lipinski definition) is 1. The molecule has 0 amide bonds. The fourth-order valence-corrected chi connectivity index (χ4v) is 0.702. The molecule has 0 aliphatic rings. The standard InChI is InChI=1S/C6H5N3O2/c1-2-3-5-4-7-8-6(5)9(10)11/h1,4H,3H2,(H,7,8). The Balaban J connectivity index is 2.98. The zero-order valence-corrected chi connectivity index (χ0v) is 5.57. The SMILES string of the molecule is C#CCc1cn[nH]c1[N+](=O)[O-]. The van der Waals surface area contributed by atoms with E-state index < -0.39 is 4.92 Å². The summed E-state index contributed by atoms with van der Waals surface area (Å²) in [5, 5.41) is 16.0. The summed E-state index contributed by atoms with van der Waals surface area (Å²) in [5.74, 6) is 2.18. The predicted molar refractivity (Wildman–Crippen MR) is 37.8 cm³/mol. The van der Waals surface area contributed by atoms with Crippen LogP contribution in [-0.2, 0) is 6.42 Å². The van der Waals surface area contributed by atoms with Gasteiger partial charge in [-0.2, -0.15) is 0 Å². The highest BCUT2D eigenvalue weighted by Crippen LogP contribution is 2.12. The fraction of sp³-hybridized carbons (Fsp3) is 0.167. The van der Waals surface area contributed by atoms with Crippen LogP contribution in [0.2, 0.25) is 0 Å². The fourth-order valence-electron chi connectivity index (χ4n) is 0.702. The molecule has 5 nitrogen and oxygen atoms in total. The van der Waals surface area contributed by atoms with Crippen LogP contribution in [0.3, 0.4) is 0 Å². The molecule has 0 saturated carbocycles. The first-order valence-corrected chi connectivity index (χ1v) is 2.86. The van der Waals surface area contributed by atoms with Crippen molar-refractivity contribution >= 4 is 5.82 Å². The second-order valence-electron chi connectivity index (χ2n) is 1.88. The smallest absolute Gasteiger partial charge is 0.346 e. The first-order valence-electron chi connectivity index (χ1n) is 2.86. The minimum atomic E-state index is -0.542. The molecule has 0 bridgehead atoms. The zero-order chi connectivity index (χ0) is 8.27. The molecule has 1 rings (SSSR count). The van der Waals surface area contributed by atoms with E-state index in [0.29, 0.717) is 5.56 Å². The molecule has 1 aromatic heterocycles. The number of nitrogens with zero attached hydrogens (tertiary/aromatic N) is 2. The van der Waals surface area contributed by atoms with E-state index in [4.69, 9.17) is 6.42 Å². The van der Waals surface area contributed by atoms with Crippen molar-refractivity contribution in [1.29, 1.82) is 0 Å². The Morgan fingerprint density at radius 2 is 2.64 bits per heavy atom. The quantitative estimate of drug-likeness (QED) is 0.380. The average Bonchev–Trinajstić information content (AvgIpc) is 2.36. The average molecular weight is 151 g/mol. The second kappa shape index (κ2) is 2.84. The van der Waals surface area contributed by atoms with Crippen molar-refractivity contribution in [3.05, 3.63) is 21.9 Å². The largest absolute Gasteiger partial charge is 0.358 e. The second-order valence-corrected chi connectivity index (χ2v) is 1.88. The lowest BCUT2D eigenvalue weighted by Crippen LogP contribution is -1.92. The van der Waals surface area contributed by atoms with Crippen LogP contribution in [-0.4, -0.2) is 15.1 Å². The summed E-state index contributed by atoms with van der Waals surface area (Å²) in [6.45, 7) is 0. The Morgan fingerprint density at radius 1 is 1.91 bits per heavy atom. The molecule has 0 spiro atoms. The Hall–Kier alpha value is -1.83. The van der Waals surface area contributed by atoms with Crippen LogP contribution in [0.25, 0.3) is 0 Å². The number of H-pyrrole nitrogens is 1. The molecule has 0 aliphatic heterocycles. The van der Waals surface area contributed by atoms with Crippen LogP contribution in [0.15, 0.2) is 6.20 Å². The minimum absolute atomic E-state index is 0.122. The van der Waals surface area contributed by atoms with Crippen LogP contribution in [0, 0.1) is 22.5 Å². The highest BCUT2D eigenvalue weighted by atomic mass is 16.6. The van der Waals surface area contributed by atoms with Crippen molar-refractivity contribution in [2.45, 2.75) is 6.42 Å². The van der Waals surface area contributed by atoms with Crippen LogP contribution in [0.4, 0.5) is 5.82 Å². The van der Waals surface area contributed by atoms with Crippen LogP contribution in [0.5, 0.6) is 0 Å². The summed E-state index contributed by atoms with van der Waals surface area (Å²) >= 11 is 0. The van der Waals surface area contributed by atoms with Gasteiger partial charge in [-0.05, 0) is 4.92 Å². The maximum Gasteiger partial charge on any atom is 0.346 e. The summed E-state index contributed by atoms with van der Waals surface area (Å²) in [4.78, 5) is 9.68. The number of aromatic amines is 1. The third kappa shape index (κ3) is 1.35.